The molecule has 0 radical (unpaired) electrons. The summed E-state index contributed by atoms with van der Waals surface area (Å²) >= 11 is 0. The van der Waals surface area contributed by atoms with Crippen LogP contribution in [-0.2, 0) is 16.1 Å². The minimum Gasteiger partial charge on any atom is -0.502 e. The number of ether oxygens (including phenoxy) is 1. The third-order valence-electron chi connectivity index (χ3n) is 2.73. The SMILES string of the molecule is COc1ccc(CN(C)C(=O)C=C(O)C(=O)O)cc1C. The molecule has 6 heteroatoms. The van der Waals surface area contributed by atoms with E-state index in [1.807, 2.05) is 19.1 Å². The third-order valence-corrected chi connectivity index (χ3v) is 2.73. The van der Waals surface area contributed by atoms with Crippen molar-refractivity contribution in [2.45, 2.75) is 13.5 Å². The normalized spacial score (nSPS) is 11.1. The highest BCUT2D eigenvalue weighted by atomic mass is 16.5. The summed E-state index contributed by atoms with van der Waals surface area (Å²) in [6.07, 6.45) is 0.679. The lowest BCUT2D eigenvalue weighted by atomic mass is 10.1. The smallest absolute Gasteiger partial charge is 0.371 e. The lowest BCUT2D eigenvalue weighted by molar-refractivity contribution is -0.136. The zero-order valence-corrected chi connectivity index (χ0v) is 11.6. The van der Waals surface area contributed by atoms with Crippen molar-refractivity contribution in [1.82, 2.24) is 4.90 Å². The summed E-state index contributed by atoms with van der Waals surface area (Å²) in [6.45, 7) is 2.19. The zero-order chi connectivity index (χ0) is 15.3. The predicted molar refractivity (Wildman–Crippen MR) is 72.6 cm³/mol. The van der Waals surface area contributed by atoms with Gasteiger partial charge in [0, 0.05) is 13.6 Å². The Hall–Kier alpha value is -2.50. The molecule has 0 saturated heterocycles. The number of hydrogen-bond acceptors (Lipinski definition) is 4. The van der Waals surface area contributed by atoms with Crippen LogP contribution in [0.5, 0.6) is 5.75 Å². The molecule has 0 heterocycles. The molecule has 1 amide bonds. The zero-order valence-electron chi connectivity index (χ0n) is 11.6. The Morgan fingerprint density at radius 3 is 2.50 bits per heavy atom. The molecule has 20 heavy (non-hydrogen) atoms. The summed E-state index contributed by atoms with van der Waals surface area (Å²) < 4.78 is 5.14. The highest BCUT2D eigenvalue weighted by molar-refractivity contribution is 5.95. The van der Waals surface area contributed by atoms with Gasteiger partial charge in [-0.15, -0.1) is 0 Å². The van der Waals surface area contributed by atoms with Crippen LogP contribution >= 0.6 is 0 Å². The van der Waals surface area contributed by atoms with E-state index in [2.05, 4.69) is 0 Å². The van der Waals surface area contributed by atoms with Gasteiger partial charge in [-0.25, -0.2) is 4.79 Å². The molecule has 0 saturated carbocycles. The van der Waals surface area contributed by atoms with Gasteiger partial charge in [-0.1, -0.05) is 12.1 Å². The van der Waals surface area contributed by atoms with E-state index < -0.39 is 17.6 Å². The maximum atomic E-state index is 11.7. The molecule has 0 aliphatic carbocycles. The van der Waals surface area contributed by atoms with E-state index in [1.165, 1.54) is 11.9 Å². The number of carbonyl (C=O) groups is 2. The number of aliphatic hydroxyl groups excluding tert-OH is 1. The molecule has 0 aliphatic heterocycles. The first-order valence-electron chi connectivity index (χ1n) is 5.87. The molecule has 0 spiro atoms. The van der Waals surface area contributed by atoms with Gasteiger partial charge in [-0.2, -0.15) is 0 Å². The van der Waals surface area contributed by atoms with Crippen molar-refractivity contribution in [3.63, 3.8) is 0 Å². The van der Waals surface area contributed by atoms with Crippen LogP contribution in [0.2, 0.25) is 0 Å². The lowest BCUT2D eigenvalue weighted by Crippen LogP contribution is -2.25. The van der Waals surface area contributed by atoms with Gasteiger partial charge in [0.1, 0.15) is 5.75 Å². The largest absolute Gasteiger partial charge is 0.502 e. The van der Waals surface area contributed by atoms with E-state index >= 15 is 0 Å². The molecule has 0 fully saturated rings. The highest BCUT2D eigenvalue weighted by Crippen LogP contribution is 2.19. The van der Waals surface area contributed by atoms with Gasteiger partial charge in [0.2, 0.25) is 5.76 Å². The molecule has 0 aromatic heterocycles. The van der Waals surface area contributed by atoms with Crippen molar-refractivity contribution >= 4 is 11.9 Å². The van der Waals surface area contributed by atoms with Gasteiger partial charge in [-0.05, 0) is 24.1 Å². The first-order chi connectivity index (χ1) is 9.35. The van der Waals surface area contributed by atoms with E-state index in [4.69, 9.17) is 14.9 Å². The highest BCUT2D eigenvalue weighted by Gasteiger charge is 2.12. The van der Waals surface area contributed by atoms with Gasteiger partial charge >= 0.3 is 5.97 Å². The molecular formula is C14H17NO5. The Labute approximate surface area is 116 Å². The number of carbonyl (C=O) groups excluding carboxylic acids is 1. The van der Waals surface area contributed by atoms with E-state index in [-0.39, 0.29) is 0 Å². The molecule has 1 aromatic carbocycles. The Morgan fingerprint density at radius 2 is 2.00 bits per heavy atom. The van der Waals surface area contributed by atoms with Crippen LogP contribution < -0.4 is 4.74 Å². The number of nitrogens with zero attached hydrogens (tertiary/aromatic N) is 1. The van der Waals surface area contributed by atoms with Crippen LogP contribution in [0.4, 0.5) is 0 Å². The number of likely N-dealkylation sites (N-methyl/N-ethyl adjacent to an activating group) is 1. The second-order valence-corrected chi connectivity index (χ2v) is 4.33. The summed E-state index contributed by atoms with van der Waals surface area (Å²) in [7, 11) is 3.10. The minimum absolute atomic E-state index is 0.299. The molecule has 1 rings (SSSR count). The first-order valence-corrected chi connectivity index (χ1v) is 5.87. The number of aliphatic carboxylic acids is 1. The topological polar surface area (TPSA) is 87.1 Å². The van der Waals surface area contributed by atoms with Crippen LogP contribution in [0, 0.1) is 6.92 Å². The quantitative estimate of drug-likeness (QED) is 0.630. The van der Waals surface area contributed by atoms with Gasteiger partial charge in [0.05, 0.1) is 13.2 Å². The molecule has 108 valence electrons. The minimum atomic E-state index is -1.54. The van der Waals surface area contributed by atoms with Crippen molar-refractivity contribution in [1.29, 1.82) is 0 Å². The molecule has 2 N–H and O–H groups in total. The number of benzene rings is 1. The standard InChI is InChI=1S/C14H17NO5/c1-9-6-10(4-5-12(9)20-3)8-15(2)13(17)7-11(16)14(18)19/h4-7,16H,8H2,1-3H3,(H,18,19). The molecule has 0 bridgehead atoms. The summed E-state index contributed by atoms with van der Waals surface area (Å²) in [5, 5.41) is 17.5. The van der Waals surface area contributed by atoms with E-state index in [1.54, 1.807) is 13.2 Å². The average molecular weight is 279 g/mol. The summed E-state index contributed by atoms with van der Waals surface area (Å²) in [5.41, 5.74) is 1.82. The number of carboxylic acid groups (broad SMARTS) is 1. The number of methoxy groups -OCH3 is 1. The van der Waals surface area contributed by atoms with Crippen molar-refractivity contribution < 1.29 is 24.5 Å². The third kappa shape index (κ3) is 4.01. The van der Waals surface area contributed by atoms with E-state index in [9.17, 15) is 9.59 Å². The number of carboxylic acids is 1. The Kier molecular flexibility index (Phi) is 5.14. The second-order valence-electron chi connectivity index (χ2n) is 4.33. The van der Waals surface area contributed by atoms with Crippen molar-refractivity contribution in [2.75, 3.05) is 14.2 Å². The molecule has 0 unspecified atom stereocenters. The number of aryl methyl sites for hydroxylation is 1. The van der Waals surface area contributed by atoms with Crippen LogP contribution in [0.1, 0.15) is 11.1 Å². The van der Waals surface area contributed by atoms with E-state index in [0.717, 1.165) is 16.9 Å². The molecule has 1 aromatic rings. The fourth-order valence-corrected chi connectivity index (χ4v) is 1.68. The molecular weight excluding hydrogens is 262 g/mol. The Bertz CT molecular complexity index is 550. The van der Waals surface area contributed by atoms with Gasteiger partial charge in [-0.3, -0.25) is 4.79 Å². The van der Waals surface area contributed by atoms with Crippen molar-refractivity contribution in [3.05, 3.63) is 41.2 Å². The Morgan fingerprint density at radius 1 is 1.35 bits per heavy atom. The number of aliphatic hydroxyl groups is 1. The number of rotatable bonds is 5. The fraction of sp³-hybridized carbons (Fsp3) is 0.286. The Balaban J connectivity index is 2.78. The maximum absolute atomic E-state index is 11.7. The number of amides is 1. The van der Waals surface area contributed by atoms with Crippen LogP contribution in [0.25, 0.3) is 0 Å². The van der Waals surface area contributed by atoms with E-state index in [0.29, 0.717) is 12.6 Å². The molecule has 0 atom stereocenters. The fourth-order valence-electron chi connectivity index (χ4n) is 1.68. The summed E-state index contributed by atoms with van der Waals surface area (Å²) in [6, 6.07) is 5.49. The summed E-state index contributed by atoms with van der Waals surface area (Å²) in [5.74, 6) is -2.34. The summed E-state index contributed by atoms with van der Waals surface area (Å²) in [4.78, 5) is 23.4. The first kappa shape index (κ1) is 15.6. The average Bonchev–Trinajstić information content (AvgIpc) is 2.38. The van der Waals surface area contributed by atoms with Crippen molar-refractivity contribution in [2.24, 2.45) is 0 Å². The van der Waals surface area contributed by atoms with Crippen LogP contribution in [0.15, 0.2) is 30.0 Å². The molecule has 6 nitrogen and oxygen atoms in total. The number of hydrogen-bond donors (Lipinski definition) is 2. The van der Waals surface area contributed by atoms with Crippen molar-refractivity contribution in [3.8, 4) is 5.75 Å². The second kappa shape index (κ2) is 6.60. The van der Waals surface area contributed by atoms with Crippen LogP contribution in [-0.4, -0.2) is 41.1 Å². The van der Waals surface area contributed by atoms with Gasteiger partial charge < -0.3 is 19.8 Å². The monoisotopic (exact) mass is 279 g/mol. The van der Waals surface area contributed by atoms with Gasteiger partial charge in [0.25, 0.3) is 5.91 Å². The molecule has 0 aliphatic rings. The maximum Gasteiger partial charge on any atom is 0.371 e. The van der Waals surface area contributed by atoms with Crippen LogP contribution in [0.3, 0.4) is 0 Å². The van der Waals surface area contributed by atoms with Gasteiger partial charge in [0.15, 0.2) is 0 Å². The predicted octanol–water partition coefficient (Wildman–Crippen LogP) is 1.49. The lowest BCUT2D eigenvalue weighted by Gasteiger charge is -2.16.